The van der Waals surface area contributed by atoms with Crippen LogP contribution >= 0.6 is 0 Å². The number of carbonyl (C=O) groups is 2. The molecule has 31 heavy (non-hydrogen) atoms. The van der Waals surface area contributed by atoms with E-state index in [-0.39, 0.29) is 11.8 Å². The average molecular weight is 424 g/mol. The van der Waals surface area contributed by atoms with Crippen LogP contribution in [0.2, 0.25) is 0 Å². The van der Waals surface area contributed by atoms with Gasteiger partial charge in [0.15, 0.2) is 5.96 Å². The summed E-state index contributed by atoms with van der Waals surface area (Å²) < 4.78 is 0. The van der Waals surface area contributed by atoms with E-state index in [9.17, 15) is 9.59 Å². The van der Waals surface area contributed by atoms with Crippen LogP contribution in [0.25, 0.3) is 0 Å². The van der Waals surface area contributed by atoms with Crippen molar-refractivity contribution in [2.45, 2.75) is 32.7 Å². The molecule has 0 fully saturated rings. The number of nitrogens with zero attached hydrogens (tertiary/aromatic N) is 2. The van der Waals surface area contributed by atoms with E-state index in [4.69, 9.17) is 0 Å². The summed E-state index contributed by atoms with van der Waals surface area (Å²) >= 11 is 0. The second-order valence-corrected chi connectivity index (χ2v) is 7.50. The zero-order chi connectivity index (χ0) is 22.6. The normalized spacial score (nSPS) is 11.0. The highest BCUT2D eigenvalue weighted by molar-refractivity contribution is 5.94. The van der Waals surface area contributed by atoms with Crippen LogP contribution in [0.5, 0.6) is 0 Å². The third-order valence-corrected chi connectivity index (χ3v) is 4.68. The summed E-state index contributed by atoms with van der Waals surface area (Å²) in [6, 6.07) is 15.5. The van der Waals surface area contributed by atoms with Crippen molar-refractivity contribution in [2.75, 3.05) is 33.0 Å². The maximum absolute atomic E-state index is 12.1. The Morgan fingerprint density at radius 3 is 2.39 bits per heavy atom. The highest BCUT2D eigenvalue weighted by Gasteiger charge is 2.08. The molecular weight excluding hydrogens is 390 g/mol. The first kappa shape index (κ1) is 23.9. The first-order chi connectivity index (χ1) is 14.9. The van der Waals surface area contributed by atoms with E-state index in [2.05, 4.69) is 20.9 Å². The second kappa shape index (κ2) is 12.4. The smallest absolute Gasteiger partial charge is 0.253 e. The molecule has 0 aliphatic rings. The third-order valence-electron chi connectivity index (χ3n) is 4.68. The Morgan fingerprint density at radius 1 is 1.00 bits per heavy atom. The number of aliphatic imine (C=N–C) groups is 1. The van der Waals surface area contributed by atoms with Gasteiger partial charge in [-0.3, -0.25) is 14.6 Å². The van der Waals surface area contributed by atoms with Crippen molar-refractivity contribution in [3.05, 3.63) is 65.2 Å². The molecule has 0 aliphatic heterocycles. The summed E-state index contributed by atoms with van der Waals surface area (Å²) in [4.78, 5) is 29.6. The summed E-state index contributed by atoms with van der Waals surface area (Å²) in [6.07, 6.45) is 2.14. The Labute approximate surface area is 184 Å². The van der Waals surface area contributed by atoms with Gasteiger partial charge in [0, 0.05) is 51.9 Å². The van der Waals surface area contributed by atoms with Crippen molar-refractivity contribution < 1.29 is 9.59 Å². The fourth-order valence-corrected chi connectivity index (χ4v) is 3.01. The molecule has 0 spiro atoms. The number of hydrogen-bond donors (Lipinski definition) is 3. The Morgan fingerprint density at radius 2 is 1.74 bits per heavy atom. The van der Waals surface area contributed by atoms with Crippen molar-refractivity contribution >= 4 is 23.5 Å². The van der Waals surface area contributed by atoms with E-state index in [1.807, 2.05) is 55.5 Å². The predicted molar refractivity (Wildman–Crippen MR) is 126 cm³/mol. The van der Waals surface area contributed by atoms with Crippen molar-refractivity contribution in [2.24, 2.45) is 4.99 Å². The first-order valence-electron chi connectivity index (χ1n) is 10.6. The topological polar surface area (TPSA) is 85.8 Å². The minimum Gasteiger partial charge on any atom is -0.356 e. The van der Waals surface area contributed by atoms with Crippen LogP contribution in [0.4, 0.5) is 5.69 Å². The van der Waals surface area contributed by atoms with Gasteiger partial charge in [0.2, 0.25) is 5.91 Å². The second-order valence-electron chi connectivity index (χ2n) is 7.50. The molecule has 2 amide bonds. The Hall–Kier alpha value is -3.35. The summed E-state index contributed by atoms with van der Waals surface area (Å²) in [6.45, 7) is 3.30. The number of amides is 2. The van der Waals surface area contributed by atoms with Crippen LogP contribution in [0.3, 0.4) is 0 Å². The van der Waals surface area contributed by atoms with E-state index >= 15 is 0 Å². The lowest BCUT2D eigenvalue weighted by molar-refractivity contribution is -0.116. The number of rotatable bonds is 9. The lowest BCUT2D eigenvalue weighted by atomic mass is 10.1. The highest BCUT2D eigenvalue weighted by atomic mass is 16.2. The first-order valence-corrected chi connectivity index (χ1v) is 10.6. The van der Waals surface area contributed by atoms with Gasteiger partial charge in [-0.05, 0) is 48.2 Å². The molecule has 0 saturated carbocycles. The largest absolute Gasteiger partial charge is 0.356 e. The lowest BCUT2D eigenvalue weighted by Gasteiger charge is -2.13. The predicted octanol–water partition coefficient (Wildman–Crippen LogP) is 3.03. The van der Waals surface area contributed by atoms with Gasteiger partial charge in [0.05, 0.1) is 0 Å². The molecule has 2 rings (SSSR count). The maximum atomic E-state index is 12.1. The fraction of sp³-hybridized carbons (Fsp3) is 0.375. The van der Waals surface area contributed by atoms with Gasteiger partial charge in [0.1, 0.15) is 0 Å². The van der Waals surface area contributed by atoms with Gasteiger partial charge >= 0.3 is 0 Å². The van der Waals surface area contributed by atoms with Crippen LogP contribution in [0.1, 0.15) is 41.3 Å². The van der Waals surface area contributed by atoms with Gasteiger partial charge in [0.25, 0.3) is 5.91 Å². The zero-order valence-corrected chi connectivity index (χ0v) is 18.9. The van der Waals surface area contributed by atoms with E-state index < -0.39 is 0 Å². The quantitative estimate of drug-likeness (QED) is 0.427. The highest BCUT2D eigenvalue weighted by Crippen LogP contribution is 2.10. The molecule has 0 bridgehead atoms. The molecule has 2 aromatic rings. The molecular formula is C24H33N5O2. The summed E-state index contributed by atoms with van der Waals surface area (Å²) in [5.41, 5.74) is 3.68. The fourth-order valence-electron chi connectivity index (χ4n) is 3.01. The van der Waals surface area contributed by atoms with Crippen molar-refractivity contribution in [3.63, 3.8) is 0 Å². The van der Waals surface area contributed by atoms with Gasteiger partial charge in [-0.15, -0.1) is 0 Å². The molecule has 0 aromatic heterocycles. The standard InChI is InChI=1S/C24H33N5O2/c1-5-7-22(30)28-21-12-10-19(11-13-21)17-27-24(25-2)26-15-14-18-8-6-9-20(16-18)23(31)29(3)4/h6,8-13,16H,5,7,14-15,17H2,1-4H3,(H,28,30)(H2,25,26,27). The minimum absolute atomic E-state index is 0.00299. The molecule has 0 unspecified atom stereocenters. The molecule has 0 heterocycles. The lowest BCUT2D eigenvalue weighted by Crippen LogP contribution is -2.37. The molecule has 166 valence electrons. The molecule has 3 N–H and O–H groups in total. The monoisotopic (exact) mass is 423 g/mol. The van der Waals surface area contributed by atoms with E-state index in [1.54, 1.807) is 26.0 Å². The molecule has 0 aliphatic carbocycles. The van der Waals surface area contributed by atoms with Crippen molar-refractivity contribution in [1.82, 2.24) is 15.5 Å². The maximum Gasteiger partial charge on any atom is 0.253 e. The molecule has 2 aromatic carbocycles. The Bertz CT molecular complexity index is 891. The average Bonchev–Trinajstić information content (AvgIpc) is 2.77. The van der Waals surface area contributed by atoms with Crippen LogP contribution in [0, 0.1) is 0 Å². The zero-order valence-electron chi connectivity index (χ0n) is 18.9. The third kappa shape index (κ3) is 8.12. The van der Waals surface area contributed by atoms with Gasteiger partial charge in [-0.1, -0.05) is 31.2 Å². The molecule has 7 nitrogen and oxygen atoms in total. The number of carbonyl (C=O) groups excluding carboxylic acids is 2. The van der Waals surface area contributed by atoms with Gasteiger partial charge in [-0.2, -0.15) is 0 Å². The number of hydrogen-bond acceptors (Lipinski definition) is 3. The van der Waals surface area contributed by atoms with Gasteiger partial charge in [-0.25, -0.2) is 0 Å². The van der Waals surface area contributed by atoms with E-state index in [0.29, 0.717) is 31.0 Å². The Kier molecular flexibility index (Phi) is 9.55. The number of nitrogens with one attached hydrogen (secondary N) is 3. The van der Waals surface area contributed by atoms with Gasteiger partial charge < -0.3 is 20.9 Å². The van der Waals surface area contributed by atoms with Crippen molar-refractivity contribution in [3.8, 4) is 0 Å². The van der Waals surface area contributed by atoms with Crippen LogP contribution in [-0.4, -0.2) is 50.4 Å². The van der Waals surface area contributed by atoms with Crippen LogP contribution in [0.15, 0.2) is 53.5 Å². The number of guanidine groups is 1. The SMILES string of the molecule is CCCC(=O)Nc1ccc(CNC(=NC)NCCc2cccc(C(=O)N(C)C)c2)cc1. The number of benzene rings is 2. The van der Waals surface area contributed by atoms with E-state index in [0.717, 1.165) is 29.7 Å². The summed E-state index contributed by atoms with van der Waals surface area (Å²) in [7, 11) is 5.24. The van der Waals surface area contributed by atoms with Crippen LogP contribution < -0.4 is 16.0 Å². The minimum atomic E-state index is 0.00299. The molecule has 0 atom stereocenters. The van der Waals surface area contributed by atoms with Crippen molar-refractivity contribution in [1.29, 1.82) is 0 Å². The summed E-state index contributed by atoms with van der Waals surface area (Å²) in [5.74, 6) is 0.749. The van der Waals surface area contributed by atoms with Crippen LogP contribution in [-0.2, 0) is 17.8 Å². The Balaban J connectivity index is 1.80. The summed E-state index contributed by atoms with van der Waals surface area (Å²) in [5, 5.41) is 9.47. The molecule has 7 heteroatoms. The molecule has 0 radical (unpaired) electrons. The van der Waals surface area contributed by atoms with E-state index in [1.165, 1.54) is 0 Å². The molecule has 0 saturated heterocycles. The number of anilines is 1.